The molecule has 1 saturated heterocycles. The fourth-order valence-electron chi connectivity index (χ4n) is 2.31. The predicted molar refractivity (Wildman–Crippen MR) is 76.6 cm³/mol. The zero-order chi connectivity index (χ0) is 15.5. The first-order chi connectivity index (χ1) is 10.0. The topological polar surface area (TPSA) is 80.0 Å². The third kappa shape index (κ3) is 3.11. The van der Waals surface area contributed by atoms with Gasteiger partial charge in [0.2, 0.25) is 0 Å². The lowest BCUT2D eigenvalue weighted by Crippen LogP contribution is -2.24. The predicted octanol–water partition coefficient (Wildman–Crippen LogP) is 1.80. The van der Waals surface area contributed by atoms with Gasteiger partial charge in [0.15, 0.2) is 5.79 Å². The lowest BCUT2D eigenvalue weighted by atomic mass is 10.0. The first kappa shape index (κ1) is 15.6. The maximum absolute atomic E-state index is 11.7. The molecule has 0 atom stereocenters. The molecule has 2 N–H and O–H groups in total. The fourth-order valence-corrected chi connectivity index (χ4v) is 2.31. The summed E-state index contributed by atoms with van der Waals surface area (Å²) in [5, 5.41) is 0. The Morgan fingerprint density at radius 2 is 1.67 bits per heavy atom. The minimum absolute atomic E-state index is 0.240. The van der Waals surface area contributed by atoms with Gasteiger partial charge in [0.1, 0.15) is 17.1 Å². The van der Waals surface area contributed by atoms with Crippen LogP contribution in [0.4, 0.5) is 0 Å². The summed E-state index contributed by atoms with van der Waals surface area (Å²) in [7, 11) is 0. The number of carbonyl (C=O) groups is 1. The van der Waals surface area contributed by atoms with E-state index >= 15 is 0 Å². The summed E-state index contributed by atoms with van der Waals surface area (Å²) in [4.78, 5) is 11.7. The number of primary amides is 1. The summed E-state index contributed by atoms with van der Waals surface area (Å²) < 4.78 is 22.4. The largest absolute Gasteiger partial charge is 0.493 e. The van der Waals surface area contributed by atoms with Crippen molar-refractivity contribution in [1.29, 1.82) is 0 Å². The number of hydrogen-bond donors (Lipinski definition) is 1. The minimum atomic E-state index is -0.867. The molecule has 1 amide bonds. The molecule has 21 heavy (non-hydrogen) atoms. The van der Waals surface area contributed by atoms with Crippen molar-refractivity contribution in [3.05, 3.63) is 23.3 Å². The van der Waals surface area contributed by atoms with Crippen LogP contribution in [-0.2, 0) is 15.3 Å². The number of rotatable bonds is 6. The van der Waals surface area contributed by atoms with Crippen molar-refractivity contribution in [2.75, 3.05) is 26.4 Å². The Morgan fingerprint density at radius 3 is 2.05 bits per heavy atom. The highest BCUT2D eigenvalue weighted by molar-refractivity contribution is 5.98. The summed E-state index contributed by atoms with van der Waals surface area (Å²) in [6, 6.07) is 3.44. The first-order valence-corrected chi connectivity index (χ1v) is 7.03. The van der Waals surface area contributed by atoms with Crippen molar-refractivity contribution in [1.82, 2.24) is 0 Å². The van der Waals surface area contributed by atoms with E-state index in [0.29, 0.717) is 37.9 Å². The standard InChI is InChI=1S/C15H21NO5/c1-4-18-11-8-10(15(3)20-6-7-21-15)9-12(19-5-2)13(11)14(16)17/h8-9H,4-7H2,1-3H3,(H2,16,17). The minimum Gasteiger partial charge on any atom is -0.493 e. The maximum atomic E-state index is 11.7. The molecule has 1 aromatic rings. The number of carbonyl (C=O) groups excluding carboxylic acids is 1. The molecule has 6 nitrogen and oxygen atoms in total. The molecule has 0 bridgehead atoms. The molecule has 2 rings (SSSR count). The van der Waals surface area contributed by atoms with E-state index in [0.717, 1.165) is 5.56 Å². The second kappa shape index (κ2) is 6.32. The molecular formula is C15H21NO5. The van der Waals surface area contributed by atoms with E-state index in [1.54, 1.807) is 12.1 Å². The fraction of sp³-hybridized carbons (Fsp3) is 0.533. The second-order valence-electron chi connectivity index (χ2n) is 4.72. The molecular weight excluding hydrogens is 274 g/mol. The van der Waals surface area contributed by atoms with Gasteiger partial charge in [-0.25, -0.2) is 0 Å². The average Bonchev–Trinajstić information content (AvgIpc) is 2.87. The van der Waals surface area contributed by atoms with Crippen LogP contribution in [0.15, 0.2) is 12.1 Å². The first-order valence-electron chi connectivity index (χ1n) is 7.03. The van der Waals surface area contributed by atoms with Gasteiger partial charge in [0.25, 0.3) is 5.91 Å². The highest BCUT2D eigenvalue weighted by Crippen LogP contribution is 2.38. The zero-order valence-corrected chi connectivity index (χ0v) is 12.6. The molecule has 0 saturated carbocycles. The van der Waals surface area contributed by atoms with E-state index in [1.807, 2.05) is 20.8 Å². The van der Waals surface area contributed by atoms with Crippen LogP contribution in [-0.4, -0.2) is 32.3 Å². The number of nitrogens with two attached hydrogens (primary N) is 1. The van der Waals surface area contributed by atoms with Crippen LogP contribution in [0.25, 0.3) is 0 Å². The number of hydrogen-bond acceptors (Lipinski definition) is 5. The summed E-state index contributed by atoms with van der Waals surface area (Å²) in [5.74, 6) is -0.696. The Kier molecular flexibility index (Phi) is 4.69. The summed E-state index contributed by atoms with van der Waals surface area (Å²) in [6.45, 7) is 7.35. The summed E-state index contributed by atoms with van der Waals surface area (Å²) in [6.07, 6.45) is 0. The quantitative estimate of drug-likeness (QED) is 0.865. The molecule has 116 valence electrons. The van der Waals surface area contributed by atoms with Gasteiger partial charge in [-0.3, -0.25) is 4.79 Å². The number of ether oxygens (including phenoxy) is 4. The van der Waals surface area contributed by atoms with Crippen molar-refractivity contribution >= 4 is 5.91 Å². The second-order valence-corrected chi connectivity index (χ2v) is 4.72. The summed E-state index contributed by atoms with van der Waals surface area (Å²) in [5.41, 5.74) is 6.42. The Hall–Kier alpha value is -1.79. The van der Waals surface area contributed by atoms with Gasteiger partial charge in [-0.15, -0.1) is 0 Å². The van der Waals surface area contributed by atoms with E-state index in [9.17, 15) is 4.79 Å². The van der Waals surface area contributed by atoms with Gasteiger partial charge in [0, 0.05) is 5.56 Å². The van der Waals surface area contributed by atoms with Crippen LogP contribution in [0.2, 0.25) is 0 Å². The van der Waals surface area contributed by atoms with Crippen LogP contribution in [0.3, 0.4) is 0 Å². The number of benzene rings is 1. The molecule has 6 heteroatoms. The van der Waals surface area contributed by atoms with E-state index < -0.39 is 11.7 Å². The molecule has 0 spiro atoms. The molecule has 0 radical (unpaired) electrons. The van der Waals surface area contributed by atoms with Crippen LogP contribution in [0, 0.1) is 0 Å². The van der Waals surface area contributed by atoms with Gasteiger partial charge in [-0.05, 0) is 32.9 Å². The summed E-state index contributed by atoms with van der Waals surface area (Å²) >= 11 is 0. The number of amides is 1. The smallest absolute Gasteiger partial charge is 0.256 e. The Balaban J connectivity index is 2.55. The van der Waals surface area contributed by atoms with Crippen molar-refractivity contribution in [3.63, 3.8) is 0 Å². The van der Waals surface area contributed by atoms with Gasteiger partial charge < -0.3 is 24.7 Å². The highest BCUT2D eigenvalue weighted by atomic mass is 16.7. The molecule has 1 aliphatic rings. The van der Waals surface area contributed by atoms with Crippen LogP contribution in [0.1, 0.15) is 36.7 Å². The zero-order valence-electron chi connectivity index (χ0n) is 12.6. The maximum Gasteiger partial charge on any atom is 0.256 e. The van der Waals surface area contributed by atoms with Crippen LogP contribution >= 0.6 is 0 Å². The lowest BCUT2D eigenvalue weighted by molar-refractivity contribution is -0.149. The lowest BCUT2D eigenvalue weighted by Gasteiger charge is -2.25. The third-order valence-corrected chi connectivity index (χ3v) is 3.27. The molecule has 0 aliphatic carbocycles. The van der Waals surface area contributed by atoms with Crippen molar-refractivity contribution in [3.8, 4) is 11.5 Å². The van der Waals surface area contributed by atoms with E-state index in [-0.39, 0.29) is 5.56 Å². The van der Waals surface area contributed by atoms with Crippen molar-refractivity contribution < 1.29 is 23.7 Å². The highest BCUT2D eigenvalue weighted by Gasteiger charge is 2.35. The molecule has 0 aromatic heterocycles. The molecule has 0 unspecified atom stereocenters. The molecule has 1 aromatic carbocycles. The van der Waals surface area contributed by atoms with Crippen LogP contribution < -0.4 is 15.2 Å². The van der Waals surface area contributed by atoms with Crippen molar-refractivity contribution in [2.24, 2.45) is 5.73 Å². The Labute approximate surface area is 124 Å². The Bertz CT molecular complexity index is 496. The average molecular weight is 295 g/mol. The van der Waals surface area contributed by atoms with Gasteiger partial charge in [-0.1, -0.05) is 0 Å². The Morgan fingerprint density at radius 1 is 1.19 bits per heavy atom. The third-order valence-electron chi connectivity index (χ3n) is 3.27. The normalized spacial score (nSPS) is 16.7. The van der Waals surface area contributed by atoms with Crippen LogP contribution in [0.5, 0.6) is 11.5 Å². The van der Waals surface area contributed by atoms with Crippen molar-refractivity contribution in [2.45, 2.75) is 26.6 Å². The SMILES string of the molecule is CCOc1cc(C2(C)OCCO2)cc(OCC)c1C(N)=O. The molecule has 1 heterocycles. The van der Waals surface area contributed by atoms with Gasteiger partial charge in [0.05, 0.1) is 26.4 Å². The van der Waals surface area contributed by atoms with Gasteiger partial charge >= 0.3 is 0 Å². The van der Waals surface area contributed by atoms with E-state index in [4.69, 9.17) is 24.7 Å². The van der Waals surface area contributed by atoms with E-state index in [1.165, 1.54) is 0 Å². The monoisotopic (exact) mass is 295 g/mol. The van der Waals surface area contributed by atoms with E-state index in [2.05, 4.69) is 0 Å². The van der Waals surface area contributed by atoms with Gasteiger partial charge in [-0.2, -0.15) is 0 Å². The molecule has 1 fully saturated rings. The molecule has 1 aliphatic heterocycles.